The van der Waals surface area contributed by atoms with Crippen molar-refractivity contribution in [3.05, 3.63) is 87.5 Å². The second-order valence-corrected chi connectivity index (χ2v) is 10.9. The molecule has 2 aromatic carbocycles. The number of non-ortho nitro benzene ring substituents is 1. The van der Waals surface area contributed by atoms with E-state index in [0.29, 0.717) is 19.3 Å². The Bertz CT molecular complexity index is 1220. The summed E-state index contributed by atoms with van der Waals surface area (Å²) in [6, 6.07) is 13.4. The molecule has 1 fully saturated rings. The Morgan fingerprint density at radius 3 is 2.36 bits per heavy atom. The summed E-state index contributed by atoms with van der Waals surface area (Å²) in [6.07, 6.45) is 10.9. The first kappa shape index (κ1) is 32.5. The number of carboxylic acid groups (broad SMARTS) is 1. The Balaban J connectivity index is 1.79. The first-order valence-electron chi connectivity index (χ1n) is 14.8. The van der Waals surface area contributed by atoms with Crippen LogP contribution in [0.25, 0.3) is 0 Å². The number of nitro groups is 1. The van der Waals surface area contributed by atoms with E-state index in [1.165, 1.54) is 31.2 Å². The number of carbonyl (C=O) groups excluding carboxylic acids is 2. The van der Waals surface area contributed by atoms with Crippen LogP contribution in [0.4, 0.5) is 5.69 Å². The lowest BCUT2D eigenvalue weighted by Crippen LogP contribution is -2.24. The molecular formula is C33H41NO8. The molecule has 42 heavy (non-hydrogen) atoms. The summed E-state index contributed by atoms with van der Waals surface area (Å²) in [6.45, 7) is 3.55. The summed E-state index contributed by atoms with van der Waals surface area (Å²) in [4.78, 5) is 46.0. The lowest BCUT2D eigenvalue weighted by molar-refractivity contribution is -0.384. The van der Waals surface area contributed by atoms with Crippen LogP contribution in [0, 0.1) is 16.0 Å². The Labute approximate surface area is 247 Å². The predicted octanol–water partition coefficient (Wildman–Crippen LogP) is 7.70. The number of carboxylic acids is 1. The van der Waals surface area contributed by atoms with Crippen LogP contribution in [0.2, 0.25) is 0 Å². The molecule has 0 radical (unpaired) electrons. The van der Waals surface area contributed by atoms with Gasteiger partial charge in [0.05, 0.1) is 10.5 Å². The van der Waals surface area contributed by atoms with Crippen molar-refractivity contribution >= 4 is 23.6 Å². The highest BCUT2D eigenvalue weighted by Crippen LogP contribution is 2.44. The van der Waals surface area contributed by atoms with E-state index in [2.05, 4.69) is 13.0 Å². The van der Waals surface area contributed by atoms with E-state index in [4.69, 9.17) is 14.6 Å². The normalized spacial score (nSPS) is 19.0. The van der Waals surface area contributed by atoms with Gasteiger partial charge in [0.1, 0.15) is 12.2 Å². The van der Waals surface area contributed by atoms with Crippen LogP contribution in [-0.2, 0) is 19.1 Å². The fourth-order valence-electron chi connectivity index (χ4n) is 5.62. The average Bonchev–Trinajstić information content (AvgIpc) is 3.36. The van der Waals surface area contributed by atoms with Gasteiger partial charge in [0.2, 0.25) is 0 Å². The zero-order valence-electron chi connectivity index (χ0n) is 24.4. The van der Waals surface area contributed by atoms with Gasteiger partial charge in [-0.05, 0) is 74.1 Å². The summed E-state index contributed by atoms with van der Waals surface area (Å²) in [5, 5.41) is 19.8. The first-order chi connectivity index (χ1) is 20.2. The maximum atomic E-state index is 13.0. The number of esters is 2. The number of carbonyl (C=O) groups is 3. The van der Waals surface area contributed by atoms with Crippen molar-refractivity contribution < 1.29 is 33.9 Å². The van der Waals surface area contributed by atoms with Crippen molar-refractivity contribution in [2.45, 2.75) is 96.2 Å². The molecule has 0 saturated heterocycles. The van der Waals surface area contributed by atoms with E-state index in [-0.39, 0.29) is 47.7 Å². The van der Waals surface area contributed by atoms with Crippen LogP contribution < -0.4 is 0 Å². The number of allylic oxidation sites excluding steroid dienone is 2. The van der Waals surface area contributed by atoms with Crippen molar-refractivity contribution in [3.8, 4) is 0 Å². The Morgan fingerprint density at radius 2 is 1.74 bits per heavy atom. The molecule has 9 nitrogen and oxygen atoms in total. The quantitative estimate of drug-likeness (QED) is 0.0703. The zero-order valence-corrected chi connectivity index (χ0v) is 24.4. The van der Waals surface area contributed by atoms with Crippen LogP contribution >= 0.6 is 0 Å². The third kappa shape index (κ3) is 9.82. The van der Waals surface area contributed by atoms with Crippen LogP contribution in [-0.4, -0.2) is 34.0 Å². The molecule has 1 saturated carbocycles. The fraction of sp³-hybridized carbons (Fsp3) is 0.485. The van der Waals surface area contributed by atoms with Crippen LogP contribution in [0.5, 0.6) is 0 Å². The molecule has 3 rings (SSSR count). The van der Waals surface area contributed by atoms with E-state index in [0.717, 1.165) is 49.7 Å². The van der Waals surface area contributed by atoms with Crippen molar-refractivity contribution in [1.29, 1.82) is 0 Å². The van der Waals surface area contributed by atoms with Gasteiger partial charge in [-0.2, -0.15) is 0 Å². The molecule has 1 N–H and O–H groups in total. The molecule has 9 heteroatoms. The summed E-state index contributed by atoms with van der Waals surface area (Å²) in [5.41, 5.74) is 2.12. The third-order valence-electron chi connectivity index (χ3n) is 7.74. The van der Waals surface area contributed by atoms with Crippen molar-refractivity contribution in [2.24, 2.45) is 5.92 Å². The number of hydrogen-bond acceptors (Lipinski definition) is 7. The number of aliphatic carboxylic acids is 1. The highest BCUT2D eigenvalue weighted by atomic mass is 16.6. The largest absolute Gasteiger partial charge is 0.481 e. The summed E-state index contributed by atoms with van der Waals surface area (Å²) >= 11 is 0. The Kier molecular flexibility index (Phi) is 12.7. The second-order valence-electron chi connectivity index (χ2n) is 10.9. The molecule has 0 bridgehead atoms. The van der Waals surface area contributed by atoms with Gasteiger partial charge in [0.25, 0.3) is 5.69 Å². The van der Waals surface area contributed by atoms with E-state index in [1.54, 1.807) is 0 Å². The lowest BCUT2D eigenvalue weighted by atomic mass is 9.84. The van der Waals surface area contributed by atoms with Gasteiger partial charge < -0.3 is 14.6 Å². The second kappa shape index (κ2) is 16.4. The molecule has 2 unspecified atom stereocenters. The van der Waals surface area contributed by atoms with E-state index in [1.807, 2.05) is 30.3 Å². The maximum absolute atomic E-state index is 13.0. The summed E-state index contributed by atoms with van der Waals surface area (Å²) < 4.78 is 11.6. The number of benzene rings is 2. The molecular weight excluding hydrogens is 538 g/mol. The number of nitro benzene ring substituents is 1. The molecule has 0 aromatic heterocycles. The predicted molar refractivity (Wildman–Crippen MR) is 158 cm³/mol. The molecule has 226 valence electrons. The van der Waals surface area contributed by atoms with Gasteiger partial charge in [-0.1, -0.05) is 56.2 Å². The molecule has 1 aliphatic rings. The highest BCUT2D eigenvalue weighted by Gasteiger charge is 2.39. The van der Waals surface area contributed by atoms with Crippen LogP contribution in [0.1, 0.15) is 112 Å². The van der Waals surface area contributed by atoms with Crippen LogP contribution in [0.15, 0.2) is 60.7 Å². The lowest BCUT2D eigenvalue weighted by Gasteiger charge is -2.26. The van der Waals surface area contributed by atoms with E-state index >= 15 is 0 Å². The average molecular weight is 580 g/mol. The number of hydrogen-bond donors (Lipinski definition) is 1. The minimum Gasteiger partial charge on any atom is -0.481 e. The minimum absolute atomic E-state index is 0.0722. The summed E-state index contributed by atoms with van der Waals surface area (Å²) in [7, 11) is 0. The number of unbranched alkanes of at least 4 members (excludes halogenated alkanes) is 3. The fourth-order valence-corrected chi connectivity index (χ4v) is 5.62. The monoisotopic (exact) mass is 579 g/mol. The number of ether oxygens (including phenoxy) is 2. The molecule has 4 atom stereocenters. The van der Waals surface area contributed by atoms with Crippen molar-refractivity contribution in [3.63, 3.8) is 0 Å². The van der Waals surface area contributed by atoms with Crippen molar-refractivity contribution in [1.82, 2.24) is 0 Å². The maximum Gasteiger partial charge on any atom is 0.338 e. The zero-order chi connectivity index (χ0) is 30.5. The molecule has 2 aromatic rings. The molecule has 0 heterocycles. The Morgan fingerprint density at radius 1 is 1.02 bits per heavy atom. The van der Waals surface area contributed by atoms with Gasteiger partial charge in [-0.25, -0.2) is 4.79 Å². The van der Waals surface area contributed by atoms with Gasteiger partial charge in [0, 0.05) is 31.4 Å². The van der Waals surface area contributed by atoms with Gasteiger partial charge in [-0.15, -0.1) is 0 Å². The molecule has 0 spiro atoms. The van der Waals surface area contributed by atoms with E-state index < -0.39 is 16.9 Å². The summed E-state index contributed by atoms with van der Waals surface area (Å²) in [5.74, 6) is -1.51. The highest BCUT2D eigenvalue weighted by molar-refractivity contribution is 5.89. The third-order valence-corrected chi connectivity index (χ3v) is 7.74. The van der Waals surface area contributed by atoms with Gasteiger partial charge >= 0.3 is 17.9 Å². The Hall–Kier alpha value is -4.01. The van der Waals surface area contributed by atoms with E-state index in [9.17, 15) is 24.5 Å². The first-order valence-corrected chi connectivity index (χ1v) is 14.8. The van der Waals surface area contributed by atoms with Crippen molar-refractivity contribution in [2.75, 3.05) is 0 Å². The van der Waals surface area contributed by atoms with Gasteiger partial charge in [-0.3, -0.25) is 19.7 Å². The van der Waals surface area contributed by atoms with Gasteiger partial charge in [0.15, 0.2) is 0 Å². The molecule has 0 amide bonds. The number of rotatable bonds is 16. The SMILES string of the molecule is CCCCCC(OC(C)=O)c1ccc(C2[C@@H](C/C=C\CCCC(=O)O)CC[C@H]2OC(=O)c2ccc([N+](=O)[O-])cc2)cc1. The molecule has 0 aliphatic heterocycles. The van der Waals surface area contributed by atoms with Crippen LogP contribution in [0.3, 0.4) is 0 Å². The minimum atomic E-state index is -0.804. The smallest absolute Gasteiger partial charge is 0.338 e. The molecule has 1 aliphatic carbocycles. The standard InChI is InChI=1S/C33H41NO8/c1-3-4-7-11-29(41-23(2)35)24-13-15-26(16-14-24)32-25(10-8-5-6-9-12-31(36)37)19-22-30(32)42-33(38)27-17-20-28(21-18-27)34(39)40/h5,8,13-18,20-21,25,29-30,32H,3-4,6-7,9-12,19,22H2,1-2H3,(H,36,37)/b8-5-/t25-,29?,30+,32?/m0/s1. The number of nitrogens with zero attached hydrogens (tertiary/aromatic N) is 1. The topological polar surface area (TPSA) is 133 Å².